The van der Waals surface area contributed by atoms with E-state index in [9.17, 15) is 9.59 Å². The third-order valence-corrected chi connectivity index (χ3v) is 2.43. The van der Waals surface area contributed by atoms with Crippen LogP contribution in [0, 0.1) is 5.92 Å². The van der Waals surface area contributed by atoms with Crippen LogP contribution in [0.1, 0.15) is 19.8 Å². The van der Waals surface area contributed by atoms with E-state index in [1.807, 2.05) is 6.92 Å². The highest BCUT2D eigenvalue weighted by Crippen LogP contribution is 2.15. The van der Waals surface area contributed by atoms with Crippen LogP contribution in [0.3, 0.4) is 0 Å². The average Bonchev–Trinajstić information content (AvgIpc) is 2.14. The first-order chi connectivity index (χ1) is 6.59. The summed E-state index contributed by atoms with van der Waals surface area (Å²) in [6.07, 6.45) is 1.65. The van der Waals surface area contributed by atoms with Crippen molar-refractivity contribution >= 4 is 11.8 Å². The van der Waals surface area contributed by atoms with Crippen LogP contribution in [-0.2, 0) is 9.59 Å². The number of primary amides is 1. The van der Waals surface area contributed by atoms with Gasteiger partial charge in [-0.15, -0.1) is 0 Å². The Kier molecular flexibility index (Phi) is 3.88. The van der Waals surface area contributed by atoms with Gasteiger partial charge in [-0.05, 0) is 26.3 Å². The van der Waals surface area contributed by atoms with Crippen molar-refractivity contribution in [3.8, 4) is 0 Å². The Morgan fingerprint density at radius 1 is 1.57 bits per heavy atom. The summed E-state index contributed by atoms with van der Waals surface area (Å²) in [4.78, 5) is 21.9. The largest absolute Gasteiger partial charge is 0.368 e. The molecule has 1 fully saturated rings. The lowest BCUT2D eigenvalue weighted by Gasteiger charge is -2.26. The third kappa shape index (κ3) is 3.33. The van der Waals surface area contributed by atoms with E-state index in [4.69, 9.17) is 5.73 Å². The normalized spacial score (nSPS) is 26.9. The maximum absolute atomic E-state index is 11.5. The summed E-state index contributed by atoms with van der Waals surface area (Å²) in [7, 11) is 0. The number of nitrogens with one attached hydrogen (secondary N) is 2. The number of carbonyl (C=O) groups excluding carboxylic acids is 2. The molecule has 0 unspecified atom stereocenters. The van der Waals surface area contributed by atoms with E-state index in [1.54, 1.807) is 0 Å². The van der Waals surface area contributed by atoms with Crippen LogP contribution < -0.4 is 16.4 Å². The molecule has 2 amide bonds. The average molecular weight is 199 g/mol. The smallest absolute Gasteiger partial charge is 0.236 e. The van der Waals surface area contributed by atoms with E-state index in [-0.39, 0.29) is 18.4 Å². The molecule has 1 heterocycles. The number of amides is 2. The van der Waals surface area contributed by atoms with Crippen LogP contribution in [0.25, 0.3) is 0 Å². The molecule has 2 atom stereocenters. The molecule has 1 aliphatic heterocycles. The van der Waals surface area contributed by atoms with Crippen molar-refractivity contribution in [1.82, 2.24) is 10.6 Å². The maximum atomic E-state index is 11.5. The minimum absolute atomic E-state index is 0.0191. The van der Waals surface area contributed by atoms with Crippen LogP contribution in [0.5, 0.6) is 0 Å². The van der Waals surface area contributed by atoms with Gasteiger partial charge in [0.15, 0.2) is 0 Å². The molecular formula is C9H17N3O2. The fraction of sp³-hybridized carbons (Fsp3) is 0.778. The van der Waals surface area contributed by atoms with Crippen LogP contribution in [0.15, 0.2) is 0 Å². The molecule has 0 radical (unpaired) electrons. The van der Waals surface area contributed by atoms with Gasteiger partial charge in [0, 0.05) is 12.0 Å². The quantitative estimate of drug-likeness (QED) is 0.543. The zero-order chi connectivity index (χ0) is 10.6. The van der Waals surface area contributed by atoms with Crippen LogP contribution in [0.4, 0.5) is 0 Å². The van der Waals surface area contributed by atoms with Crippen LogP contribution >= 0.6 is 0 Å². The van der Waals surface area contributed by atoms with Crippen molar-refractivity contribution in [3.05, 3.63) is 0 Å². The number of nitrogens with two attached hydrogens (primary N) is 1. The number of rotatable bonds is 3. The second-order valence-corrected chi connectivity index (χ2v) is 3.76. The molecule has 0 saturated carbocycles. The summed E-state index contributed by atoms with van der Waals surface area (Å²) >= 11 is 0. The topological polar surface area (TPSA) is 84.2 Å². The summed E-state index contributed by atoms with van der Waals surface area (Å²) in [5, 5.41) is 5.79. The van der Waals surface area contributed by atoms with Gasteiger partial charge in [0.05, 0.1) is 6.54 Å². The maximum Gasteiger partial charge on any atom is 0.236 e. The van der Waals surface area contributed by atoms with E-state index < -0.39 is 5.91 Å². The van der Waals surface area contributed by atoms with E-state index in [0.717, 1.165) is 19.4 Å². The molecule has 0 aromatic rings. The van der Waals surface area contributed by atoms with Gasteiger partial charge in [-0.3, -0.25) is 9.59 Å². The second kappa shape index (κ2) is 4.95. The Balaban J connectivity index is 2.32. The Bertz CT molecular complexity index is 230. The van der Waals surface area contributed by atoms with Gasteiger partial charge in [0.1, 0.15) is 0 Å². The lowest BCUT2D eigenvalue weighted by Crippen LogP contribution is -2.44. The standard InChI is InChI=1S/C9H17N3O2/c1-6-4-7(2-3-11-6)9(14)12-5-8(10)13/h6-7,11H,2-5H2,1H3,(H2,10,13)(H,12,14)/t6-,7-/m0/s1. The van der Waals surface area contributed by atoms with Gasteiger partial charge >= 0.3 is 0 Å². The predicted octanol–water partition coefficient (Wildman–Crippen LogP) is -1.02. The first kappa shape index (κ1) is 11.0. The van der Waals surface area contributed by atoms with E-state index in [1.165, 1.54) is 0 Å². The molecule has 5 nitrogen and oxygen atoms in total. The monoisotopic (exact) mass is 199 g/mol. The van der Waals surface area contributed by atoms with Gasteiger partial charge in [0.2, 0.25) is 11.8 Å². The van der Waals surface area contributed by atoms with Gasteiger partial charge < -0.3 is 16.4 Å². The number of carbonyl (C=O) groups is 2. The van der Waals surface area contributed by atoms with Crippen LogP contribution in [0.2, 0.25) is 0 Å². The summed E-state index contributed by atoms with van der Waals surface area (Å²) < 4.78 is 0. The van der Waals surface area contributed by atoms with E-state index in [0.29, 0.717) is 6.04 Å². The Morgan fingerprint density at radius 2 is 2.29 bits per heavy atom. The van der Waals surface area contributed by atoms with E-state index in [2.05, 4.69) is 10.6 Å². The van der Waals surface area contributed by atoms with E-state index >= 15 is 0 Å². The highest BCUT2D eigenvalue weighted by atomic mass is 16.2. The minimum Gasteiger partial charge on any atom is -0.368 e. The number of hydrogen-bond acceptors (Lipinski definition) is 3. The molecule has 14 heavy (non-hydrogen) atoms. The fourth-order valence-corrected chi connectivity index (χ4v) is 1.69. The molecule has 0 spiro atoms. The molecule has 0 aliphatic carbocycles. The third-order valence-electron chi connectivity index (χ3n) is 2.43. The molecule has 1 aliphatic rings. The molecule has 0 aromatic heterocycles. The highest BCUT2D eigenvalue weighted by Gasteiger charge is 2.24. The SMILES string of the molecule is C[C@H]1C[C@@H](C(=O)NCC(N)=O)CCN1. The van der Waals surface area contributed by atoms with Crippen molar-refractivity contribution in [1.29, 1.82) is 0 Å². The highest BCUT2D eigenvalue weighted by molar-refractivity contribution is 5.85. The lowest BCUT2D eigenvalue weighted by molar-refractivity contribution is -0.128. The lowest BCUT2D eigenvalue weighted by atomic mass is 9.92. The predicted molar refractivity (Wildman–Crippen MR) is 52.4 cm³/mol. The van der Waals surface area contributed by atoms with Gasteiger partial charge in [-0.2, -0.15) is 0 Å². The zero-order valence-electron chi connectivity index (χ0n) is 8.38. The zero-order valence-corrected chi connectivity index (χ0v) is 8.38. The Hall–Kier alpha value is -1.10. The molecule has 0 bridgehead atoms. The number of hydrogen-bond donors (Lipinski definition) is 3. The molecule has 1 rings (SSSR count). The summed E-state index contributed by atoms with van der Waals surface area (Å²) in [5.41, 5.74) is 4.93. The van der Waals surface area contributed by atoms with Crippen molar-refractivity contribution in [2.45, 2.75) is 25.8 Å². The van der Waals surface area contributed by atoms with Gasteiger partial charge in [-0.1, -0.05) is 0 Å². The van der Waals surface area contributed by atoms with Crippen molar-refractivity contribution < 1.29 is 9.59 Å². The summed E-state index contributed by atoms with van der Waals surface area (Å²) in [6, 6.07) is 0.369. The van der Waals surface area contributed by atoms with Crippen molar-refractivity contribution in [2.24, 2.45) is 11.7 Å². The first-order valence-electron chi connectivity index (χ1n) is 4.89. The molecule has 80 valence electrons. The Morgan fingerprint density at radius 3 is 2.86 bits per heavy atom. The van der Waals surface area contributed by atoms with Crippen molar-refractivity contribution in [2.75, 3.05) is 13.1 Å². The second-order valence-electron chi connectivity index (χ2n) is 3.76. The molecule has 4 N–H and O–H groups in total. The Labute approximate surface area is 83.4 Å². The summed E-state index contributed by atoms with van der Waals surface area (Å²) in [5.74, 6) is -0.539. The summed E-state index contributed by atoms with van der Waals surface area (Å²) in [6.45, 7) is 2.85. The fourth-order valence-electron chi connectivity index (χ4n) is 1.69. The molecular weight excluding hydrogens is 182 g/mol. The van der Waals surface area contributed by atoms with Gasteiger partial charge in [-0.25, -0.2) is 0 Å². The first-order valence-corrected chi connectivity index (χ1v) is 4.89. The van der Waals surface area contributed by atoms with Crippen molar-refractivity contribution in [3.63, 3.8) is 0 Å². The molecule has 0 aromatic carbocycles. The number of piperidine rings is 1. The van der Waals surface area contributed by atoms with Gasteiger partial charge in [0.25, 0.3) is 0 Å². The molecule has 5 heteroatoms. The van der Waals surface area contributed by atoms with Crippen LogP contribution in [-0.4, -0.2) is 30.9 Å². The molecule has 1 saturated heterocycles. The minimum atomic E-state index is -0.500.